The van der Waals surface area contributed by atoms with Gasteiger partial charge in [0.1, 0.15) is 15.7 Å². The van der Waals surface area contributed by atoms with E-state index in [0.717, 1.165) is 11.3 Å². The molecule has 0 aliphatic carbocycles. The fourth-order valence-corrected chi connectivity index (χ4v) is 3.35. The van der Waals surface area contributed by atoms with Crippen LogP contribution < -0.4 is 5.32 Å². The Morgan fingerprint density at radius 3 is 2.44 bits per heavy atom. The Morgan fingerprint density at radius 2 is 1.85 bits per heavy atom. The first-order chi connectivity index (χ1) is 12.9. The standard InChI is InChI=1S/C19H18FNO5S/c1-4-26-18(23)15-11(2)16(19(24)25-3)27-17(15)21-14(22)10-7-12-5-8-13(20)9-6-12/h5-10H,4H2,1-3H3,(H,21,22)/b10-7+. The molecule has 0 saturated heterocycles. The van der Waals surface area contributed by atoms with E-state index in [-0.39, 0.29) is 27.9 Å². The first-order valence-electron chi connectivity index (χ1n) is 8.00. The molecular formula is C19H18FNO5S. The Kier molecular flexibility index (Phi) is 6.84. The van der Waals surface area contributed by atoms with E-state index in [1.807, 2.05) is 0 Å². The van der Waals surface area contributed by atoms with Crippen LogP contribution in [0, 0.1) is 12.7 Å². The van der Waals surface area contributed by atoms with Crippen molar-refractivity contribution in [2.45, 2.75) is 13.8 Å². The van der Waals surface area contributed by atoms with Crippen molar-refractivity contribution in [3.63, 3.8) is 0 Å². The molecule has 0 fully saturated rings. The minimum atomic E-state index is -0.640. The van der Waals surface area contributed by atoms with Gasteiger partial charge in [-0.1, -0.05) is 12.1 Å². The zero-order valence-corrected chi connectivity index (χ0v) is 15.8. The summed E-state index contributed by atoms with van der Waals surface area (Å²) in [4.78, 5) is 36.5. The van der Waals surface area contributed by atoms with Crippen molar-refractivity contribution in [1.29, 1.82) is 0 Å². The zero-order valence-electron chi connectivity index (χ0n) is 15.0. The fraction of sp³-hybridized carbons (Fsp3) is 0.211. The van der Waals surface area contributed by atoms with Crippen LogP contribution in [0.5, 0.6) is 0 Å². The highest BCUT2D eigenvalue weighted by atomic mass is 32.1. The normalized spacial score (nSPS) is 10.7. The number of halogens is 1. The highest BCUT2D eigenvalue weighted by Crippen LogP contribution is 2.34. The van der Waals surface area contributed by atoms with Crippen LogP contribution in [0.2, 0.25) is 0 Å². The number of hydrogen-bond acceptors (Lipinski definition) is 6. The molecule has 0 aliphatic rings. The average molecular weight is 391 g/mol. The molecule has 27 heavy (non-hydrogen) atoms. The molecule has 1 N–H and O–H groups in total. The molecule has 6 nitrogen and oxygen atoms in total. The lowest BCUT2D eigenvalue weighted by Crippen LogP contribution is -2.12. The number of thiophene rings is 1. The Labute approximate surface area is 159 Å². The van der Waals surface area contributed by atoms with Crippen LogP contribution in [-0.4, -0.2) is 31.6 Å². The van der Waals surface area contributed by atoms with Crippen LogP contribution >= 0.6 is 11.3 Å². The minimum absolute atomic E-state index is 0.116. The monoisotopic (exact) mass is 391 g/mol. The summed E-state index contributed by atoms with van der Waals surface area (Å²) in [6.45, 7) is 3.39. The first kappa shape index (κ1) is 20.3. The van der Waals surface area contributed by atoms with E-state index >= 15 is 0 Å². The number of rotatable bonds is 6. The predicted octanol–water partition coefficient (Wildman–Crippen LogP) is 3.81. The summed E-state index contributed by atoms with van der Waals surface area (Å²) >= 11 is 0.934. The fourth-order valence-electron chi connectivity index (χ4n) is 2.24. The van der Waals surface area contributed by atoms with Crippen LogP contribution in [0.4, 0.5) is 9.39 Å². The number of carbonyl (C=O) groups excluding carboxylic acids is 3. The third-order valence-corrected chi connectivity index (χ3v) is 4.72. The van der Waals surface area contributed by atoms with Crippen molar-refractivity contribution < 1.29 is 28.2 Å². The van der Waals surface area contributed by atoms with E-state index in [0.29, 0.717) is 11.1 Å². The number of anilines is 1. The second-order valence-electron chi connectivity index (χ2n) is 5.35. The second kappa shape index (κ2) is 9.09. The van der Waals surface area contributed by atoms with Crippen LogP contribution in [0.3, 0.4) is 0 Å². The number of amides is 1. The Bertz CT molecular complexity index is 886. The molecule has 0 radical (unpaired) electrons. The van der Waals surface area contributed by atoms with E-state index < -0.39 is 17.8 Å². The summed E-state index contributed by atoms with van der Waals surface area (Å²) in [6, 6.07) is 5.60. The maximum Gasteiger partial charge on any atom is 0.348 e. The summed E-state index contributed by atoms with van der Waals surface area (Å²) < 4.78 is 22.6. The van der Waals surface area contributed by atoms with Crippen molar-refractivity contribution in [3.8, 4) is 0 Å². The third-order valence-electron chi connectivity index (χ3n) is 3.53. The molecule has 1 aromatic carbocycles. The highest BCUT2D eigenvalue weighted by molar-refractivity contribution is 7.18. The molecule has 1 heterocycles. The molecule has 0 spiro atoms. The van der Waals surface area contributed by atoms with E-state index in [1.165, 1.54) is 43.5 Å². The van der Waals surface area contributed by atoms with Gasteiger partial charge in [-0.2, -0.15) is 0 Å². The number of methoxy groups -OCH3 is 1. The summed E-state index contributed by atoms with van der Waals surface area (Å²) in [7, 11) is 1.23. The average Bonchev–Trinajstić information content (AvgIpc) is 2.96. The SMILES string of the molecule is CCOC(=O)c1c(NC(=O)/C=C/c2ccc(F)cc2)sc(C(=O)OC)c1C. The third kappa shape index (κ3) is 5.01. The molecule has 0 atom stereocenters. The lowest BCUT2D eigenvalue weighted by molar-refractivity contribution is -0.111. The topological polar surface area (TPSA) is 81.7 Å². The van der Waals surface area contributed by atoms with Gasteiger partial charge >= 0.3 is 11.9 Å². The number of hydrogen-bond donors (Lipinski definition) is 1. The van der Waals surface area contributed by atoms with Gasteiger partial charge in [-0.25, -0.2) is 14.0 Å². The summed E-state index contributed by atoms with van der Waals surface area (Å²) in [5, 5.41) is 2.78. The van der Waals surface area contributed by atoms with Crippen LogP contribution in [0.1, 0.15) is 38.1 Å². The first-order valence-corrected chi connectivity index (χ1v) is 8.82. The van der Waals surface area contributed by atoms with Gasteiger partial charge in [-0.3, -0.25) is 4.79 Å². The molecule has 1 amide bonds. The summed E-state index contributed by atoms with van der Waals surface area (Å²) in [5.74, 6) is -2.13. The van der Waals surface area contributed by atoms with Gasteiger partial charge in [0.25, 0.3) is 0 Å². The quantitative estimate of drug-likeness (QED) is 0.598. The van der Waals surface area contributed by atoms with E-state index in [2.05, 4.69) is 5.32 Å². The van der Waals surface area contributed by atoms with Crippen LogP contribution in [0.15, 0.2) is 30.3 Å². The van der Waals surface area contributed by atoms with Gasteiger partial charge in [0.15, 0.2) is 0 Å². The maximum atomic E-state index is 12.9. The van der Waals surface area contributed by atoms with Crippen LogP contribution in [0.25, 0.3) is 6.08 Å². The number of nitrogens with one attached hydrogen (secondary N) is 1. The van der Waals surface area contributed by atoms with Crippen LogP contribution in [-0.2, 0) is 14.3 Å². The number of esters is 2. The predicted molar refractivity (Wildman–Crippen MR) is 100 cm³/mol. The van der Waals surface area contributed by atoms with Gasteiger partial charge in [-0.15, -0.1) is 11.3 Å². The molecule has 0 bridgehead atoms. The van der Waals surface area contributed by atoms with E-state index in [4.69, 9.17) is 9.47 Å². The molecule has 8 heteroatoms. The Balaban J connectivity index is 2.27. The Morgan fingerprint density at radius 1 is 1.19 bits per heavy atom. The lowest BCUT2D eigenvalue weighted by Gasteiger charge is -2.05. The molecule has 2 aromatic rings. The summed E-state index contributed by atoms with van der Waals surface area (Å²) in [5.41, 5.74) is 1.13. The molecule has 1 aromatic heterocycles. The maximum absolute atomic E-state index is 12.9. The van der Waals surface area contributed by atoms with Gasteiger partial charge in [0, 0.05) is 6.08 Å². The van der Waals surface area contributed by atoms with Crippen molar-refractivity contribution in [2.75, 3.05) is 19.0 Å². The largest absolute Gasteiger partial charge is 0.465 e. The molecule has 0 aliphatic heterocycles. The Hall–Kier alpha value is -3.00. The number of carbonyl (C=O) groups is 3. The summed E-state index contributed by atoms with van der Waals surface area (Å²) in [6.07, 6.45) is 2.75. The molecule has 2 rings (SSSR count). The molecule has 142 valence electrons. The zero-order chi connectivity index (χ0) is 20.0. The molecule has 0 saturated carbocycles. The van der Waals surface area contributed by atoms with Crippen molar-refractivity contribution >= 4 is 40.3 Å². The van der Waals surface area contributed by atoms with Crippen molar-refractivity contribution in [3.05, 3.63) is 57.7 Å². The number of ether oxygens (including phenoxy) is 2. The van der Waals surface area contributed by atoms with Crippen molar-refractivity contribution in [1.82, 2.24) is 0 Å². The second-order valence-corrected chi connectivity index (χ2v) is 6.37. The van der Waals surface area contributed by atoms with Gasteiger partial charge < -0.3 is 14.8 Å². The minimum Gasteiger partial charge on any atom is -0.465 e. The van der Waals surface area contributed by atoms with E-state index in [9.17, 15) is 18.8 Å². The lowest BCUT2D eigenvalue weighted by atomic mass is 10.1. The highest BCUT2D eigenvalue weighted by Gasteiger charge is 2.26. The van der Waals surface area contributed by atoms with Gasteiger partial charge in [-0.05, 0) is 43.2 Å². The number of benzene rings is 1. The van der Waals surface area contributed by atoms with E-state index in [1.54, 1.807) is 13.8 Å². The van der Waals surface area contributed by atoms with Gasteiger partial charge in [0.05, 0.1) is 19.3 Å². The molecule has 0 unspecified atom stereocenters. The smallest absolute Gasteiger partial charge is 0.348 e. The van der Waals surface area contributed by atoms with Crippen molar-refractivity contribution in [2.24, 2.45) is 0 Å². The van der Waals surface area contributed by atoms with Gasteiger partial charge in [0.2, 0.25) is 5.91 Å². The molecular weight excluding hydrogens is 373 g/mol.